The van der Waals surface area contributed by atoms with E-state index in [1.54, 1.807) is 30.3 Å². The molecule has 10 heteroatoms. The molecule has 2 aromatic heterocycles. The highest BCUT2D eigenvalue weighted by molar-refractivity contribution is 5.96. The summed E-state index contributed by atoms with van der Waals surface area (Å²) in [6, 6.07) is 8.09. The summed E-state index contributed by atoms with van der Waals surface area (Å²) >= 11 is 0. The minimum absolute atomic E-state index is 0.00308. The van der Waals surface area contributed by atoms with Crippen LogP contribution in [0.25, 0.3) is 16.9 Å². The number of hydrogen-bond donors (Lipinski definition) is 0. The summed E-state index contributed by atoms with van der Waals surface area (Å²) in [5.74, 6) is -3.52. The molecule has 0 spiro atoms. The molecular weight excluding hydrogens is 384 g/mol. The standard InChI is InChI=1S/C19H17F2N5O3/c1-29-18(28)12-2-4-14(5-3-12)26-16-15(23-24-26)10-13(11-22-16)17(27)25-8-6-19(20,21)7-9-25/h2-5,10-11H,6-9H2,1H3. The SMILES string of the molecule is COC(=O)c1ccc(-n2nnc3cc(C(=O)N4CCC(F)(F)CC4)cnc32)cc1. The monoisotopic (exact) mass is 401 g/mol. The second-order valence-corrected chi connectivity index (χ2v) is 6.75. The summed E-state index contributed by atoms with van der Waals surface area (Å²) in [4.78, 5) is 29.8. The van der Waals surface area contributed by atoms with Gasteiger partial charge in [0.25, 0.3) is 11.8 Å². The van der Waals surface area contributed by atoms with Crippen LogP contribution >= 0.6 is 0 Å². The third-order valence-electron chi connectivity index (χ3n) is 4.85. The van der Waals surface area contributed by atoms with Gasteiger partial charge >= 0.3 is 5.97 Å². The molecule has 1 fully saturated rings. The lowest BCUT2D eigenvalue weighted by Gasteiger charge is -2.31. The molecule has 4 rings (SSSR count). The number of nitrogens with zero attached hydrogens (tertiary/aromatic N) is 5. The van der Waals surface area contributed by atoms with Crippen LogP contribution in [0.5, 0.6) is 0 Å². The van der Waals surface area contributed by atoms with Gasteiger partial charge in [-0.2, -0.15) is 4.68 Å². The van der Waals surface area contributed by atoms with Gasteiger partial charge in [0.2, 0.25) is 0 Å². The van der Waals surface area contributed by atoms with Crippen molar-refractivity contribution in [3.63, 3.8) is 0 Å². The Morgan fingerprint density at radius 2 is 1.79 bits per heavy atom. The fourth-order valence-electron chi connectivity index (χ4n) is 3.18. The summed E-state index contributed by atoms with van der Waals surface area (Å²) < 4.78 is 32.8. The average molecular weight is 401 g/mol. The van der Waals surface area contributed by atoms with E-state index < -0.39 is 11.9 Å². The number of hydrogen-bond acceptors (Lipinski definition) is 6. The fourth-order valence-corrected chi connectivity index (χ4v) is 3.18. The van der Waals surface area contributed by atoms with Gasteiger partial charge in [-0.15, -0.1) is 5.10 Å². The normalized spacial score (nSPS) is 16.0. The molecule has 1 aliphatic rings. The molecule has 3 aromatic rings. The predicted octanol–water partition coefficient (Wildman–Crippen LogP) is 2.47. The number of carbonyl (C=O) groups is 2. The van der Waals surface area contributed by atoms with E-state index >= 15 is 0 Å². The lowest BCUT2D eigenvalue weighted by molar-refractivity contribution is -0.0494. The minimum atomic E-state index is -2.72. The van der Waals surface area contributed by atoms with Crippen LogP contribution in [0.1, 0.15) is 33.6 Å². The van der Waals surface area contributed by atoms with Crippen LogP contribution in [0.3, 0.4) is 0 Å². The number of carbonyl (C=O) groups excluding carboxylic acids is 2. The fraction of sp³-hybridized carbons (Fsp3) is 0.316. The molecule has 0 unspecified atom stereocenters. The molecule has 0 bridgehead atoms. The van der Waals surface area contributed by atoms with E-state index in [0.29, 0.717) is 22.4 Å². The third-order valence-corrected chi connectivity index (χ3v) is 4.85. The van der Waals surface area contributed by atoms with Crippen LogP contribution in [-0.4, -0.2) is 62.9 Å². The highest BCUT2D eigenvalue weighted by Gasteiger charge is 2.35. The van der Waals surface area contributed by atoms with Gasteiger partial charge in [0.1, 0.15) is 5.52 Å². The molecule has 1 amide bonds. The maximum Gasteiger partial charge on any atom is 0.337 e. The zero-order valence-corrected chi connectivity index (χ0v) is 15.5. The number of aromatic nitrogens is 4. The molecular formula is C19H17F2N5O3. The number of esters is 1. The number of halogens is 2. The van der Waals surface area contributed by atoms with Crippen molar-refractivity contribution in [3.05, 3.63) is 47.7 Å². The highest BCUT2D eigenvalue weighted by Crippen LogP contribution is 2.28. The molecule has 1 aromatic carbocycles. The Bertz CT molecular complexity index is 1070. The van der Waals surface area contributed by atoms with Crippen molar-refractivity contribution in [1.29, 1.82) is 0 Å². The number of pyridine rings is 1. The first-order valence-corrected chi connectivity index (χ1v) is 8.95. The maximum absolute atomic E-state index is 13.3. The van der Waals surface area contributed by atoms with Gasteiger partial charge in [0.05, 0.1) is 23.9 Å². The highest BCUT2D eigenvalue weighted by atomic mass is 19.3. The molecule has 8 nitrogen and oxygen atoms in total. The van der Waals surface area contributed by atoms with Crippen LogP contribution in [0, 0.1) is 0 Å². The summed E-state index contributed by atoms with van der Waals surface area (Å²) in [6.07, 6.45) is 0.707. The van der Waals surface area contributed by atoms with Crippen LogP contribution in [0.4, 0.5) is 8.78 Å². The van der Waals surface area contributed by atoms with Crippen molar-refractivity contribution in [2.45, 2.75) is 18.8 Å². The quantitative estimate of drug-likeness (QED) is 0.627. The summed E-state index contributed by atoms with van der Waals surface area (Å²) in [7, 11) is 1.30. The molecule has 150 valence electrons. The van der Waals surface area contributed by atoms with Gasteiger partial charge in [-0.1, -0.05) is 5.21 Å². The topological polar surface area (TPSA) is 90.2 Å². The second kappa shape index (κ2) is 7.19. The number of methoxy groups -OCH3 is 1. The number of ether oxygens (including phenoxy) is 1. The van der Waals surface area contributed by atoms with Crippen LogP contribution in [0.2, 0.25) is 0 Å². The van der Waals surface area contributed by atoms with Crippen molar-refractivity contribution in [2.24, 2.45) is 0 Å². The Hall–Kier alpha value is -3.43. The lowest BCUT2D eigenvalue weighted by atomic mass is 10.1. The number of benzene rings is 1. The summed E-state index contributed by atoms with van der Waals surface area (Å²) in [5, 5.41) is 8.10. The van der Waals surface area contributed by atoms with Crippen molar-refractivity contribution in [1.82, 2.24) is 24.9 Å². The van der Waals surface area contributed by atoms with Crippen molar-refractivity contribution in [3.8, 4) is 5.69 Å². The smallest absolute Gasteiger partial charge is 0.337 e. The molecule has 29 heavy (non-hydrogen) atoms. The average Bonchev–Trinajstić information content (AvgIpc) is 3.16. The third kappa shape index (κ3) is 3.65. The second-order valence-electron chi connectivity index (χ2n) is 6.75. The Kier molecular flexibility index (Phi) is 4.69. The van der Waals surface area contributed by atoms with E-state index in [4.69, 9.17) is 0 Å². The summed E-state index contributed by atoms with van der Waals surface area (Å²) in [6.45, 7) is 0.00616. The molecule has 0 N–H and O–H groups in total. The number of piperidine rings is 1. The van der Waals surface area contributed by atoms with Crippen molar-refractivity contribution >= 4 is 23.0 Å². The van der Waals surface area contributed by atoms with Crippen LogP contribution in [-0.2, 0) is 4.74 Å². The lowest BCUT2D eigenvalue weighted by Crippen LogP contribution is -2.42. The molecule has 0 atom stereocenters. The van der Waals surface area contributed by atoms with E-state index in [-0.39, 0.29) is 37.4 Å². The number of likely N-dealkylation sites (tertiary alicyclic amines) is 1. The van der Waals surface area contributed by atoms with E-state index in [9.17, 15) is 18.4 Å². The van der Waals surface area contributed by atoms with Gasteiger partial charge < -0.3 is 9.64 Å². The van der Waals surface area contributed by atoms with Gasteiger partial charge in [0, 0.05) is 32.1 Å². The van der Waals surface area contributed by atoms with Gasteiger partial charge in [-0.25, -0.2) is 18.6 Å². The molecule has 1 aliphatic heterocycles. The Labute approximate surface area is 164 Å². The maximum atomic E-state index is 13.3. The van der Waals surface area contributed by atoms with Crippen LogP contribution < -0.4 is 0 Å². The van der Waals surface area contributed by atoms with Crippen molar-refractivity contribution in [2.75, 3.05) is 20.2 Å². The van der Waals surface area contributed by atoms with Crippen molar-refractivity contribution < 1.29 is 23.1 Å². The van der Waals surface area contributed by atoms with Gasteiger partial charge in [-0.05, 0) is 30.3 Å². The first-order chi connectivity index (χ1) is 13.9. The number of fused-ring (bicyclic) bond motifs is 1. The zero-order valence-electron chi connectivity index (χ0n) is 15.5. The van der Waals surface area contributed by atoms with Gasteiger partial charge in [-0.3, -0.25) is 4.79 Å². The van der Waals surface area contributed by atoms with E-state index in [0.717, 1.165) is 0 Å². The molecule has 0 radical (unpaired) electrons. The minimum Gasteiger partial charge on any atom is -0.465 e. The first-order valence-electron chi connectivity index (χ1n) is 8.95. The van der Waals surface area contributed by atoms with E-state index in [2.05, 4.69) is 20.0 Å². The Morgan fingerprint density at radius 1 is 1.10 bits per heavy atom. The molecule has 1 saturated heterocycles. The molecule has 0 saturated carbocycles. The Morgan fingerprint density at radius 3 is 2.45 bits per heavy atom. The summed E-state index contributed by atoms with van der Waals surface area (Å²) in [5.41, 5.74) is 2.13. The number of alkyl halides is 2. The van der Waals surface area contributed by atoms with Gasteiger partial charge in [0.15, 0.2) is 5.65 Å². The Balaban J connectivity index is 1.58. The van der Waals surface area contributed by atoms with E-state index in [1.165, 1.54) is 22.9 Å². The zero-order chi connectivity index (χ0) is 20.6. The largest absolute Gasteiger partial charge is 0.465 e. The predicted molar refractivity (Wildman–Crippen MR) is 98.1 cm³/mol. The molecule has 0 aliphatic carbocycles. The van der Waals surface area contributed by atoms with E-state index in [1.807, 2.05) is 0 Å². The number of amides is 1. The van der Waals surface area contributed by atoms with Crippen LogP contribution in [0.15, 0.2) is 36.5 Å². The molecule has 3 heterocycles. The first kappa shape index (κ1) is 18.9. The number of rotatable bonds is 3.